The van der Waals surface area contributed by atoms with E-state index in [0.29, 0.717) is 42.7 Å². The van der Waals surface area contributed by atoms with Gasteiger partial charge < -0.3 is 29.9 Å². The number of benzene rings is 2. The molecular formula is C34H41ClN2O6. The van der Waals surface area contributed by atoms with Crippen molar-refractivity contribution in [2.24, 2.45) is 17.8 Å². The third-order valence-corrected chi connectivity index (χ3v) is 10.5. The van der Waals surface area contributed by atoms with Crippen LogP contribution in [0.2, 0.25) is 5.02 Å². The van der Waals surface area contributed by atoms with Crippen molar-refractivity contribution in [1.82, 2.24) is 4.90 Å². The van der Waals surface area contributed by atoms with Gasteiger partial charge in [0.25, 0.3) is 0 Å². The molecule has 2 bridgehead atoms. The van der Waals surface area contributed by atoms with Crippen molar-refractivity contribution in [1.29, 1.82) is 0 Å². The highest BCUT2D eigenvalue weighted by atomic mass is 35.5. The molecule has 43 heavy (non-hydrogen) atoms. The van der Waals surface area contributed by atoms with Gasteiger partial charge in [0.15, 0.2) is 5.60 Å². The summed E-state index contributed by atoms with van der Waals surface area (Å²) in [6, 6.07) is 11.1. The molecule has 0 unspecified atom stereocenters. The number of aliphatic hydroxyl groups is 2. The van der Waals surface area contributed by atoms with Gasteiger partial charge in [0, 0.05) is 37.1 Å². The topological polar surface area (TPSA) is 111 Å². The summed E-state index contributed by atoms with van der Waals surface area (Å²) in [4.78, 5) is 29.5. The summed E-state index contributed by atoms with van der Waals surface area (Å²) in [5, 5.41) is 33.7. The molecule has 1 fully saturated rings. The Labute approximate surface area is 257 Å². The molecule has 0 aromatic heterocycles. The second-order valence-electron chi connectivity index (χ2n) is 13.3. The third-order valence-electron chi connectivity index (χ3n) is 10.3. The van der Waals surface area contributed by atoms with Crippen molar-refractivity contribution in [2.45, 2.75) is 62.6 Å². The van der Waals surface area contributed by atoms with Crippen molar-refractivity contribution >= 4 is 29.2 Å². The molecule has 4 aliphatic rings. The van der Waals surface area contributed by atoms with Crippen molar-refractivity contribution < 1.29 is 29.6 Å². The predicted octanol–water partition coefficient (Wildman–Crippen LogP) is 4.53. The maximum Gasteiger partial charge on any atom is 0.340 e. The van der Waals surface area contributed by atoms with E-state index in [2.05, 4.69) is 17.0 Å². The number of aryl methyl sites for hydroxylation is 1. The van der Waals surface area contributed by atoms with Crippen LogP contribution in [0, 0.1) is 17.8 Å². The fraction of sp³-hybridized carbons (Fsp3) is 0.529. The highest BCUT2D eigenvalue weighted by Gasteiger charge is 2.46. The first-order valence-corrected chi connectivity index (χ1v) is 15.7. The van der Waals surface area contributed by atoms with E-state index in [1.807, 2.05) is 25.1 Å². The normalized spacial score (nSPS) is 33.5. The summed E-state index contributed by atoms with van der Waals surface area (Å²) in [6.07, 6.45) is 7.36. The predicted molar refractivity (Wildman–Crippen MR) is 165 cm³/mol. The average Bonchev–Trinajstić information content (AvgIpc) is 3.10. The lowest BCUT2D eigenvalue weighted by molar-refractivity contribution is -0.164. The summed E-state index contributed by atoms with van der Waals surface area (Å²) >= 11 is 6.39. The zero-order chi connectivity index (χ0) is 30.5. The van der Waals surface area contributed by atoms with Gasteiger partial charge in [0.1, 0.15) is 5.75 Å². The number of nitrogens with zero attached hydrogens (tertiary/aromatic N) is 2. The molecule has 1 saturated carbocycles. The van der Waals surface area contributed by atoms with E-state index in [4.69, 9.17) is 16.3 Å². The van der Waals surface area contributed by atoms with Gasteiger partial charge in [-0.2, -0.15) is 0 Å². The molecule has 230 valence electrons. The van der Waals surface area contributed by atoms with E-state index in [1.165, 1.54) is 16.0 Å². The minimum atomic E-state index is -2.41. The number of aliphatic carboxylic acids is 1. The number of ether oxygens (including phenoxy) is 1. The van der Waals surface area contributed by atoms with Gasteiger partial charge in [-0.25, -0.2) is 4.79 Å². The van der Waals surface area contributed by atoms with E-state index in [1.54, 1.807) is 25.2 Å². The largest absolute Gasteiger partial charge is 0.490 e. The van der Waals surface area contributed by atoms with E-state index >= 15 is 0 Å². The SMILES string of the molecule is C[C@H]1/C=C/[C@H](O)[C@@H]2CC[C@H]2CN2C[C@@]3(CCCc4cc(Cl)ccc43)COc3ccc(cc32)[C@@](O)(C(=O)O)CC(=O)N(C)C1. The van der Waals surface area contributed by atoms with Crippen LogP contribution >= 0.6 is 11.6 Å². The van der Waals surface area contributed by atoms with Crippen LogP contribution in [0.1, 0.15) is 55.7 Å². The molecule has 2 heterocycles. The highest BCUT2D eigenvalue weighted by molar-refractivity contribution is 6.30. The summed E-state index contributed by atoms with van der Waals surface area (Å²) in [5.41, 5.74) is 0.574. The Morgan fingerprint density at radius 2 is 1.93 bits per heavy atom. The average molecular weight is 609 g/mol. The maximum atomic E-state index is 13.2. The molecule has 1 amide bonds. The number of aliphatic hydroxyl groups excluding tert-OH is 1. The van der Waals surface area contributed by atoms with Gasteiger partial charge in [0.2, 0.25) is 5.91 Å². The minimum Gasteiger partial charge on any atom is -0.490 e. The number of carbonyl (C=O) groups is 2. The zero-order valence-electron chi connectivity index (χ0n) is 24.8. The molecule has 6 atom stereocenters. The molecule has 9 heteroatoms. The number of fused-ring (bicyclic) bond motifs is 4. The first kappa shape index (κ1) is 30.0. The number of carboxylic acids is 1. The minimum absolute atomic E-state index is 0.0543. The molecule has 8 nitrogen and oxygen atoms in total. The maximum absolute atomic E-state index is 13.2. The molecular weight excluding hydrogens is 568 g/mol. The Morgan fingerprint density at radius 3 is 2.67 bits per heavy atom. The molecule has 2 aliphatic heterocycles. The number of amides is 1. The second-order valence-corrected chi connectivity index (χ2v) is 13.7. The van der Waals surface area contributed by atoms with Crippen molar-refractivity contribution in [3.05, 3.63) is 70.3 Å². The van der Waals surface area contributed by atoms with Crippen molar-refractivity contribution in [3.8, 4) is 5.75 Å². The van der Waals surface area contributed by atoms with Gasteiger partial charge in [-0.3, -0.25) is 4.79 Å². The Hall–Kier alpha value is -3.07. The number of halogens is 1. The summed E-state index contributed by atoms with van der Waals surface area (Å²) < 4.78 is 6.53. The van der Waals surface area contributed by atoms with Crippen LogP contribution in [0.3, 0.4) is 0 Å². The van der Waals surface area contributed by atoms with Crippen molar-refractivity contribution in [3.63, 3.8) is 0 Å². The number of carbonyl (C=O) groups excluding carboxylic acids is 1. The van der Waals surface area contributed by atoms with Gasteiger partial charge in [0.05, 0.1) is 24.8 Å². The lowest BCUT2D eigenvalue weighted by atomic mass is 9.68. The van der Waals surface area contributed by atoms with Crippen LogP contribution in [0.4, 0.5) is 5.69 Å². The Morgan fingerprint density at radius 1 is 1.12 bits per heavy atom. The van der Waals surface area contributed by atoms with E-state index in [0.717, 1.165) is 32.1 Å². The Bertz CT molecular complexity index is 1450. The van der Waals surface area contributed by atoms with Crippen molar-refractivity contribution in [2.75, 3.05) is 38.2 Å². The molecule has 2 aliphatic carbocycles. The lowest BCUT2D eigenvalue weighted by Crippen LogP contribution is -2.49. The lowest BCUT2D eigenvalue weighted by Gasteiger charge is -2.45. The van der Waals surface area contributed by atoms with E-state index in [9.17, 15) is 24.9 Å². The smallest absolute Gasteiger partial charge is 0.340 e. The highest BCUT2D eigenvalue weighted by Crippen LogP contribution is 2.47. The number of rotatable bonds is 1. The van der Waals surface area contributed by atoms with Crippen LogP contribution in [-0.2, 0) is 27.0 Å². The number of hydrogen-bond acceptors (Lipinski definition) is 6. The fourth-order valence-corrected chi connectivity index (χ4v) is 7.82. The van der Waals surface area contributed by atoms with Crippen LogP contribution in [0.15, 0.2) is 48.6 Å². The summed E-state index contributed by atoms with van der Waals surface area (Å²) in [7, 11) is 1.61. The van der Waals surface area contributed by atoms with E-state index < -0.39 is 30.0 Å². The van der Waals surface area contributed by atoms with Crippen LogP contribution in [0.5, 0.6) is 5.75 Å². The quantitative estimate of drug-likeness (QED) is 0.408. The van der Waals surface area contributed by atoms with Gasteiger partial charge in [-0.15, -0.1) is 0 Å². The molecule has 2 aromatic rings. The van der Waals surface area contributed by atoms with Crippen LogP contribution < -0.4 is 9.64 Å². The zero-order valence-corrected chi connectivity index (χ0v) is 25.6. The van der Waals surface area contributed by atoms with Gasteiger partial charge >= 0.3 is 5.97 Å². The van der Waals surface area contributed by atoms with Crippen LogP contribution in [0.25, 0.3) is 0 Å². The fourth-order valence-electron chi connectivity index (χ4n) is 7.62. The second kappa shape index (κ2) is 11.5. The molecule has 6 rings (SSSR count). The van der Waals surface area contributed by atoms with Crippen LogP contribution in [-0.4, -0.2) is 71.5 Å². The first-order valence-electron chi connectivity index (χ1n) is 15.4. The summed E-state index contributed by atoms with van der Waals surface area (Å²) in [6.45, 7) is 4.04. The molecule has 0 saturated heterocycles. The number of anilines is 1. The number of hydrogen-bond donors (Lipinski definition) is 3. The third kappa shape index (κ3) is 5.54. The monoisotopic (exact) mass is 608 g/mol. The summed E-state index contributed by atoms with van der Waals surface area (Å²) in [5.74, 6) is -1.07. The standard InChI is InChI=1S/C34H41ClN2O6/c1-21-5-11-29(38)26-9-6-23(26)18-37-19-33(13-3-4-22-14-25(35)8-10-27(22)33)20-43-30-12-7-24(15-28(30)37)34(42,32(40)41)16-31(39)36(2)17-21/h5,7-8,10-12,14-15,21,23,26,29,38,42H,3-4,6,9,13,16-20H2,1-2H3,(H,40,41)/b11-5+/t21-,23-,26+,29-,33-,34+/m0/s1. The van der Waals surface area contributed by atoms with Gasteiger partial charge in [-0.05, 0) is 90.8 Å². The Kier molecular flexibility index (Phi) is 7.98. The van der Waals surface area contributed by atoms with Gasteiger partial charge in [-0.1, -0.05) is 42.8 Å². The molecule has 1 spiro atoms. The molecule has 3 N–H and O–H groups in total. The van der Waals surface area contributed by atoms with E-state index in [-0.39, 0.29) is 28.7 Å². The molecule has 2 aromatic carbocycles. The molecule has 0 radical (unpaired) electrons. The first-order chi connectivity index (χ1) is 20.5. The Balaban J connectivity index is 1.46. The number of carboxylic acid groups (broad SMARTS) is 1.